The van der Waals surface area contributed by atoms with Crippen molar-refractivity contribution in [1.82, 2.24) is 0 Å². The minimum Gasteiger partial charge on any atom is -0.284 e. The summed E-state index contributed by atoms with van der Waals surface area (Å²) in [5.41, 5.74) is -0.237. The number of sulfonamides is 1. The van der Waals surface area contributed by atoms with Crippen LogP contribution < -0.4 is 4.72 Å². The summed E-state index contributed by atoms with van der Waals surface area (Å²) < 4.78 is 23.8. The van der Waals surface area contributed by atoms with E-state index in [0.717, 1.165) is 12.3 Å². The molecule has 0 amide bonds. The second-order valence-corrected chi connectivity index (χ2v) is 4.95. The number of anilines is 1. The number of halogens is 1. The highest BCUT2D eigenvalue weighted by Gasteiger charge is 2.13. The van der Waals surface area contributed by atoms with Crippen molar-refractivity contribution < 1.29 is 13.3 Å². The Morgan fingerprint density at radius 2 is 2.07 bits per heavy atom. The molecule has 0 fully saturated rings. The SMILES string of the molecule is CS(=O)(=O)Nc1ccc(Cl)c([N+](=O)[O-])c1. The van der Waals surface area contributed by atoms with Crippen LogP contribution in [0.4, 0.5) is 11.4 Å². The molecule has 0 aliphatic carbocycles. The van der Waals surface area contributed by atoms with E-state index in [1.807, 2.05) is 0 Å². The van der Waals surface area contributed by atoms with E-state index in [2.05, 4.69) is 4.72 Å². The van der Waals surface area contributed by atoms with E-state index in [4.69, 9.17) is 11.6 Å². The van der Waals surface area contributed by atoms with Gasteiger partial charge in [-0.05, 0) is 12.1 Å². The fraction of sp³-hybridized carbons (Fsp3) is 0.143. The van der Waals surface area contributed by atoms with Gasteiger partial charge in [0, 0.05) is 6.07 Å². The lowest BCUT2D eigenvalue weighted by atomic mass is 10.3. The Bertz CT molecular complexity index is 500. The molecule has 0 heterocycles. The summed E-state index contributed by atoms with van der Waals surface area (Å²) in [4.78, 5) is 9.80. The van der Waals surface area contributed by atoms with Gasteiger partial charge in [-0.1, -0.05) is 11.6 Å². The molecule has 0 saturated carbocycles. The van der Waals surface area contributed by atoms with Crippen molar-refractivity contribution in [2.45, 2.75) is 0 Å². The molecule has 0 bridgehead atoms. The molecule has 0 saturated heterocycles. The van der Waals surface area contributed by atoms with E-state index in [0.29, 0.717) is 0 Å². The smallest absolute Gasteiger partial charge is 0.284 e. The fourth-order valence-corrected chi connectivity index (χ4v) is 1.67. The minimum atomic E-state index is -3.45. The predicted molar refractivity (Wildman–Crippen MR) is 56.6 cm³/mol. The second-order valence-electron chi connectivity index (χ2n) is 2.80. The topological polar surface area (TPSA) is 89.3 Å². The molecule has 0 radical (unpaired) electrons. The molecule has 1 aromatic carbocycles. The Labute approximate surface area is 91.1 Å². The van der Waals surface area contributed by atoms with Gasteiger partial charge in [-0.25, -0.2) is 8.42 Å². The molecule has 1 rings (SSSR count). The zero-order valence-corrected chi connectivity index (χ0v) is 9.17. The van der Waals surface area contributed by atoms with Gasteiger partial charge in [-0.3, -0.25) is 14.8 Å². The summed E-state index contributed by atoms with van der Waals surface area (Å²) in [7, 11) is -3.45. The third kappa shape index (κ3) is 3.37. The van der Waals surface area contributed by atoms with Crippen LogP contribution in [0.3, 0.4) is 0 Å². The molecule has 0 aromatic heterocycles. The van der Waals surface area contributed by atoms with Crippen LogP contribution in [0.5, 0.6) is 0 Å². The molecular formula is C7H7ClN2O4S. The van der Waals surface area contributed by atoms with Gasteiger partial charge in [-0.2, -0.15) is 0 Å². The van der Waals surface area contributed by atoms with Crippen molar-refractivity contribution in [1.29, 1.82) is 0 Å². The number of hydrogen-bond acceptors (Lipinski definition) is 4. The van der Waals surface area contributed by atoms with E-state index in [-0.39, 0.29) is 16.4 Å². The third-order valence-electron chi connectivity index (χ3n) is 1.45. The maximum absolute atomic E-state index is 10.9. The van der Waals surface area contributed by atoms with Crippen LogP contribution in [-0.4, -0.2) is 19.6 Å². The highest BCUT2D eigenvalue weighted by atomic mass is 35.5. The van der Waals surface area contributed by atoms with Gasteiger partial charge in [0.1, 0.15) is 5.02 Å². The Morgan fingerprint density at radius 3 is 2.53 bits per heavy atom. The van der Waals surface area contributed by atoms with Crippen LogP contribution in [-0.2, 0) is 10.0 Å². The molecule has 0 aliphatic heterocycles. The molecule has 1 N–H and O–H groups in total. The van der Waals surface area contributed by atoms with Crippen molar-refractivity contribution in [2.24, 2.45) is 0 Å². The molecule has 0 aliphatic rings. The summed E-state index contributed by atoms with van der Waals surface area (Å²) in [5, 5.41) is 10.4. The Hall–Kier alpha value is -1.34. The van der Waals surface area contributed by atoms with Gasteiger partial charge in [0.15, 0.2) is 0 Å². The average molecular weight is 251 g/mol. The van der Waals surface area contributed by atoms with Crippen molar-refractivity contribution in [2.75, 3.05) is 11.0 Å². The van der Waals surface area contributed by atoms with Crippen molar-refractivity contribution in [3.05, 3.63) is 33.3 Å². The normalized spacial score (nSPS) is 11.1. The van der Waals surface area contributed by atoms with Gasteiger partial charge in [0.25, 0.3) is 5.69 Å². The standard InChI is InChI=1S/C7H7ClN2O4S/c1-15(13,14)9-5-2-3-6(8)7(4-5)10(11)12/h2-4,9H,1H3. The van der Waals surface area contributed by atoms with Gasteiger partial charge in [0.05, 0.1) is 16.9 Å². The quantitative estimate of drug-likeness (QED) is 0.652. The first-order valence-corrected chi connectivity index (χ1v) is 5.98. The zero-order chi connectivity index (χ0) is 11.6. The zero-order valence-electron chi connectivity index (χ0n) is 7.60. The van der Waals surface area contributed by atoms with Gasteiger partial charge >= 0.3 is 0 Å². The highest BCUT2D eigenvalue weighted by Crippen LogP contribution is 2.27. The molecule has 82 valence electrons. The fourth-order valence-electron chi connectivity index (χ4n) is 0.930. The van der Waals surface area contributed by atoms with Gasteiger partial charge in [0.2, 0.25) is 10.0 Å². The number of nitro groups is 1. The summed E-state index contributed by atoms with van der Waals surface area (Å²) in [6.07, 6.45) is 0.952. The molecule has 8 heteroatoms. The molecule has 15 heavy (non-hydrogen) atoms. The monoisotopic (exact) mass is 250 g/mol. The van der Waals surface area contributed by atoms with Crippen LogP contribution in [0.1, 0.15) is 0 Å². The van der Waals surface area contributed by atoms with Crippen molar-refractivity contribution in [3.8, 4) is 0 Å². The first-order valence-electron chi connectivity index (χ1n) is 3.71. The Balaban J connectivity index is 3.14. The maximum Gasteiger partial charge on any atom is 0.289 e. The lowest BCUT2D eigenvalue weighted by Gasteiger charge is -2.03. The number of nitrogens with zero attached hydrogens (tertiary/aromatic N) is 1. The molecular weight excluding hydrogens is 244 g/mol. The summed E-state index contributed by atoms with van der Waals surface area (Å²) in [5.74, 6) is 0. The molecule has 0 unspecified atom stereocenters. The first kappa shape index (κ1) is 11.7. The summed E-state index contributed by atoms with van der Waals surface area (Å²) in [6.45, 7) is 0. The van der Waals surface area contributed by atoms with E-state index in [1.165, 1.54) is 12.1 Å². The number of nitro benzene ring substituents is 1. The lowest BCUT2D eigenvalue weighted by Crippen LogP contribution is -2.09. The van der Waals surface area contributed by atoms with Gasteiger partial charge in [-0.15, -0.1) is 0 Å². The van der Waals surface area contributed by atoms with Crippen LogP contribution >= 0.6 is 11.6 Å². The van der Waals surface area contributed by atoms with E-state index >= 15 is 0 Å². The average Bonchev–Trinajstić information content (AvgIpc) is 2.05. The van der Waals surface area contributed by atoms with E-state index in [1.54, 1.807) is 0 Å². The summed E-state index contributed by atoms with van der Waals surface area (Å²) >= 11 is 5.54. The number of benzene rings is 1. The van der Waals surface area contributed by atoms with Gasteiger partial charge < -0.3 is 0 Å². The molecule has 6 nitrogen and oxygen atoms in total. The third-order valence-corrected chi connectivity index (χ3v) is 2.37. The minimum absolute atomic E-state index is 0.0425. The number of hydrogen-bond donors (Lipinski definition) is 1. The number of nitrogens with one attached hydrogen (secondary N) is 1. The van der Waals surface area contributed by atoms with E-state index in [9.17, 15) is 18.5 Å². The lowest BCUT2D eigenvalue weighted by molar-refractivity contribution is -0.384. The molecule has 0 spiro atoms. The first-order chi connectivity index (χ1) is 6.79. The molecule has 0 atom stereocenters. The Kier molecular flexibility index (Phi) is 3.15. The molecule has 1 aromatic rings. The Morgan fingerprint density at radius 1 is 1.47 bits per heavy atom. The van der Waals surface area contributed by atoms with Crippen LogP contribution in [0.2, 0.25) is 5.02 Å². The highest BCUT2D eigenvalue weighted by molar-refractivity contribution is 7.92. The van der Waals surface area contributed by atoms with Crippen molar-refractivity contribution >= 4 is 33.0 Å². The van der Waals surface area contributed by atoms with Crippen LogP contribution in [0, 0.1) is 10.1 Å². The number of rotatable bonds is 3. The largest absolute Gasteiger partial charge is 0.289 e. The predicted octanol–water partition coefficient (Wildman–Crippen LogP) is 1.62. The maximum atomic E-state index is 10.9. The second kappa shape index (κ2) is 4.03. The van der Waals surface area contributed by atoms with Crippen molar-refractivity contribution in [3.63, 3.8) is 0 Å². The summed E-state index contributed by atoms with van der Waals surface area (Å²) in [6, 6.07) is 3.66. The van der Waals surface area contributed by atoms with Crippen LogP contribution in [0.25, 0.3) is 0 Å². The van der Waals surface area contributed by atoms with E-state index < -0.39 is 14.9 Å². The van der Waals surface area contributed by atoms with Crippen LogP contribution in [0.15, 0.2) is 18.2 Å².